The number of furan rings is 1. The molecule has 0 fully saturated rings. The first-order chi connectivity index (χ1) is 9.24. The smallest absolute Gasteiger partial charge is 0.172 e. The summed E-state index contributed by atoms with van der Waals surface area (Å²) in [4.78, 5) is 16.5. The van der Waals surface area contributed by atoms with Crippen molar-refractivity contribution < 1.29 is 9.21 Å². The van der Waals surface area contributed by atoms with Gasteiger partial charge in [0.2, 0.25) is 0 Å². The van der Waals surface area contributed by atoms with Crippen LogP contribution >= 0.6 is 15.9 Å². The normalized spacial score (nSPS) is 10.8. The Kier molecular flexibility index (Phi) is 3.17. The maximum absolute atomic E-state index is 12.3. The summed E-state index contributed by atoms with van der Waals surface area (Å²) in [6.07, 6.45) is 3.48. The topological polar surface area (TPSA) is 43.1 Å². The minimum atomic E-state index is 0.0137. The number of carbonyl (C=O) groups excluding carboxylic acids is 1. The Hall–Kier alpha value is -1.94. The van der Waals surface area contributed by atoms with Gasteiger partial charge in [-0.1, -0.05) is 18.2 Å². The van der Waals surface area contributed by atoms with Gasteiger partial charge in [0.15, 0.2) is 5.78 Å². The summed E-state index contributed by atoms with van der Waals surface area (Å²) in [5.74, 6) is 0.0137. The van der Waals surface area contributed by atoms with Crippen LogP contribution < -0.4 is 0 Å². The molecule has 4 heteroatoms. The minimum absolute atomic E-state index is 0.0137. The SMILES string of the molecule is O=C(Cc1ccc(Br)cn1)c1coc2ccccc12. The molecule has 0 aliphatic rings. The molecule has 0 N–H and O–H groups in total. The number of carbonyl (C=O) groups is 1. The molecule has 0 saturated heterocycles. The van der Waals surface area contributed by atoms with E-state index in [0.29, 0.717) is 5.56 Å². The Bertz CT molecular complexity index is 731. The van der Waals surface area contributed by atoms with E-state index in [1.54, 1.807) is 6.20 Å². The molecule has 0 unspecified atom stereocenters. The van der Waals surface area contributed by atoms with Crippen molar-refractivity contribution in [1.29, 1.82) is 0 Å². The highest BCUT2D eigenvalue weighted by Gasteiger charge is 2.14. The van der Waals surface area contributed by atoms with Crippen LogP contribution in [0.15, 0.2) is 57.7 Å². The van der Waals surface area contributed by atoms with Crippen molar-refractivity contribution in [2.75, 3.05) is 0 Å². The van der Waals surface area contributed by atoms with Crippen LogP contribution in [0.5, 0.6) is 0 Å². The first-order valence-corrected chi connectivity index (χ1v) is 6.63. The zero-order chi connectivity index (χ0) is 13.2. The molecule has 2 heterocycles. The third-order valence-corrected chi connectivity index (χ3v) is 3.38. The number of para-hydroxylation sites is 1. The van der Waals surface area contributed by atoms with Gasteiger partial charge in [-0.3, -0.25) is 9.78 Å². The standard InChI is InChI=1S/C15H10BrNO2/c16-10-5-6-11(17-8-10)7-14(18)13-9-19-15-4-2-1-3-12(13)15/h1-6,8-9H,7H2. The fourth-order valence-corrected chi connectivity index (χ4v) is 2.20. The number of fused-ring (bicyclic) bond motifs is 1. The van der Waals surface area contributed by atoms with E-state index in [4.69, 9.17) is 4.42 Å². The predicted octanol–water partition coefficient (Wildman–Crippen LogP) is 4.02. The second-order valence-electron chi connectivity index (χ2n) is 4.21. The number of hydrogen-bond donors (Lipinski definition) is 0. The van der Waals surface area contributed by atoms with E-state index in [1.807, 2.05) is 36.4 Å². The van der Waals surface area contributed by atoms with Crippen molar-refractivity contribution in [1.82, 2.24) is 4.98 Å². The molecule has 0 aliphatic heterocycles. The molecule has 0 radical (unpaired) electrons. The molecule has 94 valence electrons. The number of nitrogens with zero attached hydrogens (tertiary/aromatic N) is 1. The summed E-state index contributed by atoms with van der Waals surface area (Å²) in [5, 5.41) is 0.851. The first kappa shape index (κ1) is 12.1. The van der Waals surface area contributed by atoms with Crippen LogP contribution in [0.1, 0.15) is 16.1 Å². The molecule has 3 aromatic rings. The van der Waals surface area contributed by atoms with Gasteiger partial charge in [0, 0.05) is 21.7 Å². The zero-order valence-electron chi connectivity index (χ0n) is 9.97. The van der Waals surface area contributed by atoms with E-state index >= 15 is 0 Å². The summed E-state index contributed by atoms with van der Waals surface area (Å²) >= 11 is 3.32. The highest BCUT2D eigenvalue weighted by Crippen LogP contribution is 2.22. The van der Waals surface area contributed by atoms with Crippen molar-refractivity contribution in [2.24, 2.45) is 0 Å². The second-order valence-corrected chi connectivity index (χ2v) is 5.13. The zero-order valence-corrected chi connectivity index (χ0v) is 11.6. The Morgan fingerprint density at radius 1 is 1.21 bits per heavy atom. The fourth-order valence-electron chi connectivity index (χ4n) is 1.96. The van der Waals surface area contributed by atoms with Gasteiger partial charge < -0.3 is 4.42 Å². The van der Waals surface area contributed by atoms with Crippen LogP contribution in [0.4, 0.5) is 0 Å². The average molecular weight is 316 g/mol. The number of halogens is 1. The Labute approximate surface area is 118 Å². The van der Waals surface area contributed by atoms with Gasteiger partial charge in [0.1, 0.15) is 11.8 Å². The molecule has 19 heavy (non-hydrogen) atoms. The lowest BCUT2D eigenvalue weighted by Gasteiger charge is -1.99. The largest absolute Gasteiger partial charge is 0.464 e. The molecule has 0 saturated carbocycles. The highest BCUT2D eigenvalue weighted by atomic mass is 79.9. The third kappa shape index (κ3) is 2.44. The minimum Gasteiger partial charge on any atom is -0.464 e. The molecule has 0 amide bonds. The Balaban J connectivity index is 1.90. The number of rotatable bonds is 3. The van der Waals surface area contributed by atoms with Crippen LogP contribution in [0, 0.1) is 0 Å². The van der Waals surface area contributed by atoms with E-state index < -0.39 is 0 Å². The van der Waals surface area contributed by atoms with Crippen LogP contribution in [0.25, 0.3) is 11.0 Å². The van der Waals surface area contributed by atoms with Gasteiger partial charge in [-0.25, -0.2) is 0 Å². The Morgan fingerprint density at radius 3 is 2.84 bits per heavy atom. The molecule has 0 aliphatic carbocycles. The van der Waals surface area contributed by atoms with Gasteiger partial charge >= 0.3 is 0 Å². The maximum Gasteiger partial charge on any atom is 0.172 e. The van der Waals surface area contributed by atoms with Gasteiger partial charge in [0.05, 0.1) is 12.0 Å². The molecule has 2 aromatic heterocycles. The summed E-state index contributed by atoms with van der Waals surface area (Å²) in [5.41, 5.74) is 2.09. The highest BCUT2D eigenvalue weighted by molar-refractivity contribution is 9.10. The number of hydrogen-bond acceptors (Lipinski definition) is 3. The van der Waals surface area contributed by atoms with E-state index in [2.05, 4.69) is 20.9 Å². The van der Waals surface area contributed by atoms with Crippen molar-refractivity contribution in [3.8, 4) is 0 Å². The molecule has 1 aromatic carbocycles. The quantitative estimate of drug-likeness (QED) is 0.686. The van der Waals surface area contributed by atoms with Crippen molar-refractivity contribution >= 4 is 32.7 Å². The van der Waals surface area contributed by atoms with Crippen molar-refractivity contribution in [3.63, 3.8) is 0 Å². The van der Waals surface area contributed by atoms with E-state index in [9.17, 15) is 4.79 Å². The van der Waals surface area contributed by atoms with Crippen LogP contribution in [-0.4, -0.2) is 10.8 Å². The van der Waals surface area contributed by atoms with E-state index in [-0.39, 0.29) is 12.2 Å². The molecular weight excluding hydrogens is 306 g/mol. The molecule has 0 spiro atoms. The second kappa shape index (κ2) is 4.97. The van der Waals surface area contributed by atoms with Crippen LogP contribution in [0.3, 0.4) is 0 Å². The summed E-state index contributed by atoms with van der Waals surface area (Å²) in [6.45, 7) is 0. The molecule has 3 rings (SSSR count). The maximum atomic E-state index is 12.3. The summed E-state index contributed by atoms with van der Waals surface area (Å²) in [7, 11) is 0. The molecule has 3 nitrogen and oxygen atoms in total. The average Bonchev–Trinajstić information content (AvgIpc) is 2.85. The Morgan fingerprint density at radius 2 is 2.05 bits per heavy atom. The third-order valence-electron chi connectivity index (χ3n) is 2.91. The number of ketones is 1. The van der Waals surface area contributed by atoms with Gasteiger partial charge in [-0.15, -0.1) is 0 Å². The lowest BCUT2D eigenvalue weighted by molar-refractivity contribution is 0.0992. The summed E-state index contributed by atoms with van der Waals surface area (Å²) in [6, 6.07) is 11.2. The number of aromatic nitrogens is 1. The first-order valence-electron chi connectivity index (χ1n) is 5.84. The van der Waals surface area contributed by atoms with Gasteiger partial charge in [-0.05, 0) is 34.1 Å². The monoisotopic (exact) mass is 315 g/mol. The predicted molar refractivity (Wildman–Crippen MR) is 76.2 cm³/mol. The van der Waals surface area contributed by atoms with Gasteiger partial charge in [0.25, 0.3) is 0 Å². The number of Topliss-reactive ketones (excluding diaryl/α,β-unsaturated/α-hetero) is 1. The summed E-state index contributed by atoms with van der Waals surface area (Å²) < 4.78 is 6.28. The van der Waals surface area contributed by atoms with Crippen LogP contribution in [0.2, 0.25) is 0 Å². The van der Waals surface area contributed by atoms with Gasteiger partial charge in [-0.2, -0.15) is 0 Å². The number of benzene rings is 1. The molecular formula is C15H10BrNO2. The molecule has 0 bridgehead atoms. The van der Waals surface area contributed by atoms with E-state index in [0.717, 1.165) is 21.1 Å². The van der Waals surface area contributed by atoms with E-state index in [1.165, 1.54) is 6.26 Å². The number of pyridine rings is 1. The fraction of sp³-hybridized carbons (Fsp3) is 0.0667. The van der Waals surface area contributed by atoms with Crippen molar-refractivity contribution in [2.45, 2.75) is 6.42 Å². The molecule has 0 atom stereocenters. The lowest BCUT2D eigenvalue weighted by Crippen LogP contribution is -2.04. The van der Waals surface area contributed by atoms with Crippen LogP contribution in [-0.2, 0) is 6.42 Å². The lowest BCUT2D eigenvalue weighted by atomic mass is 10.1. The van der Waals surface area contributed by atoms with Crippen molar-refractivity contribution in [3.05, 3.63) is 64.6 Å².